The van der Waals surface area contributed by atoms with Gasteiger partial charge in [-0.2, -0.15) is 96.6 Å². The number of ketones is 1. The minimum atomic E-state index is -8.02. The Kier molecular flexibility index (Phi) is 11.3. The number of carbonyl (C=O) groups is 2. The fourth-order valence-electron chi connectivity index (χ4n) is 2.79. The highest BCUT2D eigenvalue weighted by molar-refractivity contribution is 5.96. The zero-order chi connectivity index (χ0) is 37.8. The van der Waals surface area contributed by atoms with Crippen LogP contribution < -0.4 is 5.32 Å². The first kappa shape index (κ1) is 43.3. The van der Waals surface area contributed by atoms with Crippen LogP contribution in [0.5, 0.6) is 0 Å². The molecule has 2 unspecified atom stereocenters. The molecule has 27 heteroatoms. The summed E-state index contributed by atoms with van der Waals surface area (Å²) < 4.78 is 296. The minimum Gasteiger partial charge on any atom is -0.347 e. The highest BCUT2D eigenvalue weighted by atomic mass is 19.4. The number of nitrogens with one attached hydrogen (secondary N) is 1. The van der Waals surface area contributed by atoms with Gasteiger partial charge in [-0.1, -0.05) is 0 Å². The van der Waals surface area contributed by atoms with Gasteiger partial charge in [-0.3, -0.25) is 19.1 Å². The van der Waals surface area contributed by atoms with Gasteiger partial charge in [-0.05, 0) is 20.8 Å². The van der Waals surface area contributed by atoms with Crippen molar-refractivity contribution >= 4 is 11.7 Å². The molecule has 0 bridgehead atoms. The largest absolute Gasteiger partial charge is 0.462 e. The van der Waals surface area contributed by atoms with E-state index in [1.165, 1.54) is 0 Å². The van der Waals surface area contributed by atoms with Crippen LogP contribution >= 0.6 is 0 Å². The van der Waals surface area contributed by atoms with Gasteiger partial charge in [0.1, 0.15) is 5.78 Å². The second kappa shape index (κ2) is 12.1. The van der Waals surface area contributed by atoms with Gasteiger partial charge in [0, 0.05) is 18.0 Å². The molecular formula is C19H13F22NO4. The average molecular weight is 737 g/mol. The Hall–Kier alpha value is -2.74. The Balaban J connectivity index is 8.10. The molecule has 0 fully saturated rings. The number of rotatable bonds is 12. The van der Waals surface area contributed by atoms with E-state index in [2.05, 4.69) is 0 Å². The van der Waals surface area contributed by atoms with Gasteiger partial charge in [0.05, 0.1) is 5.57 Å². The van der Waals surface area contributed by atoms with Crippen LogP contribution in [0, 0.1) is 0 Å². The van der Waals surface area contributed by atoms with E-state index in [0.717, 1.165) is 5.32 Å². The molecule has 0 radical (unpaired) electrons. The molecule has 0 aromatic heterocycles. The predicted octanol–water partition coefficient (Wildman–Crippen LogP) is 7.86. The van der Waals surface area contributed by atoms with Crippen molar-refractivity contribution in [3.05, 3.63) is 11.6 Å². The second-order valence-electron chi connectivity index (χ2n) is 9.39. The number of ether oxygens (including phenoxy) is 2. The van der Waals surface area contributed by atoms with Crippen molar-refractivity contribution in [1.29, 1.82) is 0 Å². The Bertz CT molecular complexity index is 1160. The van der Waals surface area contributed by atoms with E-state index in [-0.39, 0.29) is 0 Å². The lowest BCUT2D eigenvalue weighted by Gasteiger charge is -2.38. The molecule has 5 nitrogen and oxygen atoms in total. The van der Waals surface area contributed by atoms with Gasteiger partial charge in [0.25, 0.3) is 5.91 Å². The topological polar surface area (TPSA) is 64.6 Å². The normalized spacial score (nSPS) is 18.2. The van der Waals surface area contributed by atoms with E-state index >= 15 is 4.39 Å². The molecule has 0 spiro atoms. The van der Waals surface area contributed by atoms with E-state index in [9.17, 15) is 102 Å². The van der Waals surface area contributed by atoms with Crippen molar-refractivity contribution in [1.82, 2.24) is 5.32 Å². The van der Waals surface area contributed by atoms with Crippen molar-refractivity contribution in [2.75, 3.05) is 0 Å². The molecule has 0 aromatic rings. The van der Waals surface area contributed by atoms with Gasteiger partial charge in [0.2, 0.25) is 0 Å². The molecule has 0 aliphatic heterocycles. The summed E-state index contributed by atoms with van der Waals surface area (Å²) in [5, 5.41) is 0.804. The van der Waals surface area contributed by atoms with E-state index in [4.69, 9.17) is 0 Å². The van der Waals surface area contributed by atoms with E-state index in [1.54, 1.807) is 9.47 Å². The molecule has 0 rings (SSSR count). The molecule has 1 N–H and O–H groups in total. The van der Waals surface area contributed by atoms with Crippen molar-refractivity contribution < 1.29 is 116 Å². The molecule has 0 heterocycles. The van der Waals surface area contributed by atoms with Crippen molar-refractivity contribution in [2.24, 2.45) is 0 Å². The van der Waals surface area contributed by atoms with Gasteiger partial charge >= 0.3 is 60.5 Å². The van der Waals surface area contributed by atoms with Crippen LogP contribution in [0.4, 0.5) is 96.6 Å². The highest BCUT2D eigenvalue weighted by Gasteiger charge is 2.81. The standard InChI is InChI=1S/C19H13F22NO4/c1-6(43)4-9(2,3)42-8(44)7(11(21,15(29,30)31)46-19(40,41)13(24,25)17(35,36)37)5-10(20,14(26,27)28)45-18(38,39)12(22,23)16(32,33)34/h5H,4H2,1-3H3,(H,42,44)/b7-5+. The van der Waals surface area contributed by atoms with E-state index in [1.807, 2.05) is 0 Å². The van der Waals surface area contributed by atoms with Crippen LogP contribution in [0.2, 0.25) is 0 Å². The fourth-order valence-corrected chi connectivity index (χ4v) is 2.79. The first-order chi connectivity index (χ1) is 19.6. The van der Waals surface area contributed by atoms with Gasteiger partial charge in [0.15, 0.2) is 0 Å². The monoisotopic (exact) mass is 737 g/mol. The van der Waals surface area contributed by atoms with Crippen LogP contribution in [-0.2, 0) is 19.1 Å². The number of Topliss-reactive ketones (excluding diaryl/α,β-unsaturated/α-hetero) is 1. The lowest BCUT2D eigenvalue weighted by Crippen LogP contribution is -2.62. The first-order valence-electron chi connectivity index (χ1n) is 10.7. The van der Waals surface area contributed by atoms with Crippen molar-refractivity contribution in [3.63, 3.8) is 0 Å². The van der Waals surface area contributed by atoms with Gasteiger partial charge < -0.3 is 5.32 Å². The Morgan fingerprint density at radius 1 is 0.565 bits per heavy atom. The summed E-state index contributed by atoms with van der Waals surface area (Å²) in [6, 6.07) is 0. The van der Waals surface area contributed by atoms with E-state index in [0.29, 0.717) is 20.8 Å². The van der Waals surface area contributed by atoms with Crippen LogP contribution in [0.25, 0.3) is 0 Å². The molecule has 0 aliphatic rings. The van der Waals surface area contributed by atoms with Gasteiger partial charge in [-0.15, -0.1) is 0 Å². The molecule has 272 valence electrons. The Morgan fingerprint density at radius 3 is 1.20 bits per heavy atom. The number of hydrogen-bond acceptors (Lipinski definition) is 4. The molecular weight excluding hydrogens is 724 g/mol. The maximum absolute atomic E-state index is 15.2. The third-order valence-electron chi connectivity index (χ3n) is 4.80. The Morgan fingerprint density at radius 2 is 0.913 bits per heavy atom. The van der Waals surface area contributed by atoms with Gasteiger partial charge in [-0.25, -0.2) is 0 Å². The lowest BCUT2D eigenvalue weighted by atomic mass is 9.95. The fraction of sp³-hybridized carbons (Fsp3) is 0.789. The summed E-state index contributed by atoms with van der Waals surface area (Å²) in [7, 11) is 0. The number of hydrogen-bond donors (Lipinski definition) is 1. The zero-order valence-corrected chi connectivity index (χ0v) is 21.7. The summed E-state index contributed by atoms with van der Waals surface area (Å²) in [5.41, 5.74) is -7.04. The highest BCUT2D eigenvalue weighted by Crippen LogP contribution is 2.55. The molecule has 0 saturated carbocycles. The molecule has 1 amide bonds. The van der Waals surface area contributed by atoms with Crippen molar-refractivity contribution in [3.8, 4) is 0 Å². The van der Waals surface area contributed by atoms with Crippen LogP contribution in [0.3, 0.4) is 0 Å². The van der Waals surface area contributed by atoms with Crippen LogP contribution in [0.15, 0.2) is 11.6 Å². The van der Waals surface area contributed by atoms with Crippen LogP contribution in [-0.4, -0.2) is 77.7 Å². The summed E-state index contributed by atoms with van der Waals surface area (Å²) in [5.74, 6) is -36.0. The summed E-state index contributed by atoms with van der Waals surface area (Å²) in [4.78, 5) is 23.7. The average Bonchev–Trinajstić information content (AvgIpc) is 2.71. The lowest BCUT2D eigenvalue weighted by molar-refractivity contribution is -0.478. The third-order valence-corrected chi connectivity index (χ3v) is 4.80. The third kappa shape index (κ3) is 8.59. The number of carbonyl (C=O) groups excluding carboxylic acids is 2. The van der Waals surface area contributed by atoms with Crippen molar-refractivity contribution in [2.45, 2.75) is 93.2 Å². The first-order valence-corrected chi connectivity index (χ1v) is 10.7. The number of amides is 1. The van der Waals surface area contributed by atoms with Crippen LogP contribution in [0.1, 0.15) is 27.2 Å². The molecule has 0 aromatic carbocycles. The maximum atomic E-state index is 15.2. The predicted molar refractivity (Wildman–Crippen MR) is 99.5 cm³/mol. The minimum absolute atomic E-state index is 0.422. The molecule has 46 heavy (non-hydrogen) atoms. The maximum Gasteiger partial charge on any atom is 0.462 e. The Labute approximate surface area is 238 Å². The molecule has 2 atom stereocenters. The molecule has 0 aliphatic carbocycles. The van der Waals surface area contributed by atoms with E-state index < -0.39 is 95.8 Å². The SMILES string of the molecule is CC(=O)CC(C)(C)NC(=O)/C(=C\C(F)(OC(F)(F)C(F)(F)C(F)(F)F)C(F)(F)F)C(F)(OC(F)(F)C(F)(F)C(F)(F)F)C(F)(F)F. The quantitative estimate of drug-likeness (QED) is 0.164. The number of alkyl halides is 22. The second-order valence-corrected chi connectivity index (χ2v) is 9.39. The number of halogens is 22. The summed E-state index contributed by atoms with van der Waals surface area (Å²) in [6.07, 6.45) is -51.3. The smallest absolute Gasteiger partial charge is 0.347 e. The zero-order valence-electron chi connectivity index (χ0n) is 21.7. The summed E-state index contributed by atoms with van der Waals surface area (Å²) >= 11 is 0. The molecule has 0 saturated heterocycles. The summed E-state index contributed by atoms with van der Waals surface area (Å²) in [6.45, 7) is 1.41.